The summed E-state index contributed by atoms with van der Waals surface area (Å²) in [6.07, 6.45) is -0.740. The zero-order chi connectivity index (χ0) is 16.0. The van der Waals surface area contributed by atoms with Gasteiger partial charge >= 0.3 is 11.9 Å². The number of carbonyl (C=O) groups excluding carboxylic acids is 2. The molecular formula is C15H17ClO5. The Hall–Kier alpha value is -2.01. The molecule has 1 rings (SSSR count). The van der Waals surface area contributed by atoms with Crippen LogP contribution in [-0.2, 0) is 14.3 Å². The number of ether oxygens (including phenoxy) is 3. The van der Waals surface area contributed by atoms with Crippen molar-refractivity contribution in [3.8, 4) is 11.5 Å². The summed E-state index contributed by atoms with van der Waals surface area (Å²) in [5, 5.41) is 0.255. The molecule has 1 aromatic rings. The second kappa shape index (κ2) is 7.69. The predicted molar refractivity (Wildman–Crippen MR) is 78.6 cm³/mol. The minimum absolute atomic E-state index is 0.144. The minimum Gasteiger partial charge on any atom is -0.497 e. The number of carbonyl (C=O) groups is 2. The van der Waals surface area contributed by atoms with E-state index in [2.05, 4.69) is 6.58 Å². The fourth-order valence-electron chi connectivity index (χ4n) is 1.39. The molecule has 0 aliphatic rings. The molecule has 0 spiro atoms. The van der Waals surface area contributed by atoms with Gasteiger partial charge < -0.3 is 14.2 Å². The molecule has 0 radical (unpaired) electrons. The van der Waals surface area contributed by atoms with Crippen LogP contribution in [0.3, 0.4) is 0 Å². The van der Waals surface area contributed by atoms with E-state index in [1.54, 1.807) is 19.1 Å². The molecule has 0 fully saturated rings. The van der Waals surface area contributed by atoms with Crippen LogP contribution in [0.15, 0.2) is 30.4 Å². The van der Waals surface area contributed by atoms with Gasteiger partial charge in [0, 0.05) is 11.6 Å². The van der Waals surface area contributed by atoms with Crippen molar-refractivity contribution in [2.75, 3.05) is 7.11 Å². The lowest BCUT2D eigenvalue weighted by atomic mass is 10.2. The zero-order valence-electron chi connectivity index (χ0n) is 12.1. The Bertz CT molecular complexity index is 553. The van der Waals surface area contributed by atoms with Crippen molar-refractivity contribution in [2.45, 2.75) is 26.4 Å². The lowest BCUT2D eigenvalue weighted by Crippen LogP contribution is -2.30. The molecule has 1 atom stereocenters. The van der Waals surface area contributed by atoms with Crippen LogP contribution in [0.1, 0.15) is 20.3 Å². The van der Waals surface area contributed by atoms with Gasteiger partial charge in [0.05, 0.1) is 12.1 Å². The van der Waals surface area contributed by atoms with Crippen molar-refractivity contribution in [3.05, 3.63) is 35.4 Å². The van der Waals surface area contributed by atoms with E-state index in [4.69, 9.17) is 25.8 Å². The Morgan fingerprint density at radius 3 is 2.57 bits per heavy atom. The van der Waals surface area contributed by atoms with E-state index in [1.165, 1.54) is 20.1 Å². The molecule has 0 saturated heterocycles. The average Bonchev–Trinajstić information content (AvgIpc) is 2.46. The van der Waals surface area contributed by atoms with Crippen LogP contribution < -0.4 is 9.47 Å². The molecule has 114 valence electrons. The molecule has 0 aromatic heterocycles. The van der Waals surface area contributed by atoms with E-state index in [1.807, 2.05) is 0 Å². The first-order valence-corrected chi connectivity index (χ1v) is 6.68. The summed E-state index contributed by atoms with van der Waals surface area (Å²) < 4.78 is 15.2. The maximum absolute atomic E-state index is 12.0. The van der Waals surface area contributed by atoms with Gasteiger partial charge in [0.2, 0.25) is 0 Å². The molecule has 0 heterocycles. The minimum atomic E-state index is -1.02. The highest BCUT2D eigenvalue weighted by atomic mass is 35.5. The molecule has 0 bridgehead atoms. The van der Waals surface area contributed by atoms with E-state index < -0.39 is 18.0 Å². The molecular weight excluding hydrogens is 296 g/mol. The van der Waals surface area contributed by atoms with Crippen molar-refractivity contribution < 1.29 is 23.8 Å². The average molecular weight is 313 g/mol. The SMILES string of the molecule is C=C(C)C(=O)OC(CC)C(=O)Oc1cc(OC)ccc1Cl. The van der Waals surface area contributed by atoms with Gasteiger partial charge in [-0.3, -0.25) is 0 Å². The second-order valence-corrected chi connectivity index (χ2v) is 4.71. The van der Waals surface area contributed by atoms with E-state index in [9.17, 15) is 9.59 Å². The summed E-state index contributed by atoms with van der Waals surface area (Å²) in [5.74, 6) is -0.710. The largest absolute Gasteiger partial charge is 0.497 e. The zero-order valence-corrected chi connectivity index (χ0v) is 12.9. The third-order valence-electron chi connectivity index (χ3n) is 2.58. The molecule has 0 aliphatic heterocycles. The first-order valence-electron chi connectivity index (χ1n) is 6.30. The van der Waals surface area contributed by atoms with Gasteiger partial charge in [-0.05, 0) is 25.5 Å². The molecule has 0 saturated carbocycles. The number of halogens is 1. The highest BCUT2D eigenvalue weighted by molar-refractivity contribution is 6.32. The topological polar surface area (TPSA) is 61.8 Å². The maximum atomic E-state index is 12.0. The van der Waals surface area contributed by atoms with Crippen molar-refractivity contribution in [1.82, 2.24) is 0 Å². The smallest absolute Gasteiger partial charge is 0.352 e. The number of hydrogen-bond acceptors (Lipinski definition) is 5. The van der Waals surface area contributed by atoms with Crippen LogP contribution in [0.5, 0.6) is 11.5 Å². The van der Waals surface area contributed by atoms with Crippen LogP contribution in [0.2, 0.25) is 5.02 Å². The van der Waals surface area contributed by atoms with Crippen LogP contribution in [0.25, 0.3) is 0 Å². The van der Waals surface area contributed by atoms with Crippen molar-refractivity contribution >= 4 is 23.5 Å². The van der Waals surface area contributed by atoms with Gasteiger partial charge in [0.25, 0.3) is 0 Å². The van der Waals surface area contributed by atoms with Gasteiger partial charge in [0.1, 0.15) is 5.75 Å². The molecule has 1 aromatic carbocycles. The lowest BCUT2D eigenvalue weighted by molar-refractivity contribution is -0.159. The number of esters is 2. The molecule has 1 unspecified atom stereocenters. The number of hydrogen-bond donors (Lipinski definition) is 0. The molecule has 0 aliphatic carbocycles. The van der Waals surface area contributed by atoms with Gasteiger partial charge in [-0.1, -0.05) is 25.1 Å². The van der Waals surface area contributed by atoms with Crippen LogP contribution in [-0.4, -0.2) is 25.2 Å². The molecule has 21 heavy (non-hydrogen) atoms. The van der Waals surface area contributed by atoms with E-state index in [0.717, 1.165) is 0 Å². The monoisotopic (exact) mass is 312 g/mol. The Morgan fingerprint density at radius 1 is 1.38 bits per heavy atom. The van der Waals surface area contributed by atoms with Gasteiger partial charge in [0.15, 0.2) is 11.9 Å². The fourth-order valence-corrected chi connectivity index (χ4v) is 1.55. The summed E-state index contributed by atoms with van der Waals surface area (Å²) in [6.45, 7) is 6.66. The summed E-state index contributed by atoms with van der Waals surface area (Å²) in [7, 11) is 1.48. The standard InChI is InChI=1S/C15H17ClO5/c1-5-12(20-14(17)9(2)3)15(18)21-13-8-10(19-4)6-7-11(13)16/h6-8,12H,2,5H2,1,3-4H3. The third kappa shape index (κ3) is 4.79. The summed E-state index contributed by atoms with van der Waals surface area (Å²) in [4.78, 5) is 23.5. The second-order valence-electron chi connectivity index (χ2n) is 4.30. The number of benzene rings is 1. The quantitative estimate of drug-likeness (QED) is 0.459. The summed E-state index contributed by atoms with van der Waals surface area (Å²) in [5.41, 5.74) is 0.209. The fraction of sp³-hybridized carbons (Fsp3) is 0.333. The molecule has 0 amide bonds. The maximum Gasteiger partial charge on any atom is 0.352 e. The van der Waals surface area contributed by atoms with Crippen LogP contribution >= 0.6 is 11.6 Å². The normalized spacial score (nSPS) is 11.4. The Morgan fingerprint density at radius 2 is 2.05 bits per heavy atom. The number of methoxy groups -OCH3 is 1. The summed E-state index contributed by atoms with van der Waals surface area (Å²) >= 11 is 5.95. The van der Waals surface area contributed by atoms with Crippen molar-refractivity contribution in [2.24, 2.45) is 0 Å². The van der Waals surface area contributed by atoms with E-state index in [-0.39, 0.29) is 22.8 Å². The Labute approximate surface area is 128 Å². The molecule has 0 N–H and O–H groups in total. The third-order valence-corrected chi connectivity index (χ3v) is 2.89. The molecule has 5 nitrogen and oxygen atoms in total. The van der Waals surface area contributed by atoms with Crippen molar-refractivity contribution in [1.29, 1.82) is 0 Å². The van der Waals surface area contributed by atoms with Gasteiger partial charge in [-0.2, -0.15) is 0 Å². The van der Waals surface area contributed by atoms with Gasteiger partial charge in [-0.25, -0.2) is 9.59 Å². The Balaban J connectivity index is 2.83. The van der Waals surface area contributed by atoms with E-state index >= 15 is 0 Å². The predicted octanol–water partition coefficient (Wildman–Crippen LogP) is 3.15. The first kappa shape index (κ1) is 17.0. The van der Waals surface area contributed by atoms with Gasteiger partial charge in [-0.15, -0.1) is 0 Å². The highest BCUT2D eigenvalue weighted by Crippen LogP contribution is 2.29. The highest BCUT2D eigenvalue weighted by Gasteiger charge is 2.24. The van der Waals surface area contributed by atoms with Crippen molar-refractivity contribution in [3.63, 3.8) is 0 Å². The Kier molecular flexibility index (Phi) is 6.24. The van der Waals surface area contributed by atoms with Crippen LogP contribution in [0, 0.1) is 0 Å². The summed E-state index contributed by atoms with van der Waals surface area (Å²) in [6, 6.07) is 4.66. The molecule has 6 heteroatoms. The van der Waals surface area contributed by atoms with E-state index in [0.29, 0.717) is 5.75 Å². The first-order chi connectivity index (χ1) is 9.88. The van der Waals surface area contributed by atoms with Crippen LogP contribution in [0.4, 0.5) is 0 Å². The number of rotatable bonds is 6. The lowest BCUT2D eigenvalue weighted by Gasteiger charge is -2.15.